The predicted octanol–water partition coefficient (Wildman–Crippen LogP) is 2.54. The first-order chi connectivity index (χ1) is 5.79. The van der Waals surface area contributed by atoms with E-state index in [2.05, 4.69) is 22.4 Å². The van der Waals surface area contributed by atoms with E-state index in [-0.39, 0.29) is 0 Å². The maximum atomic E-state index is 10.5. The summed E-state index contributed by atoms with van der Waals surface area (Å²) in [6.45, 7) is 1.83. The Morgan fingerprint density at radius 3 is 2.92 bits per heavy atom. The number of rotatable bonds is 2. The summed E-state index contributed by atoms with van der Waals surface area (Å²) >= 11 is 4.47. The van der Waals surface area contributed by atoms with Crippen molar-refractivity contribution in [3.63, 3.8) is 0 Å². The second-order valence-electron chi connectivity index (χ2n) is 2.31. The molecule has 0 aromatic heterocycles. The summed E-state index contributed by atoms with van der Waals surface area (Å²) in [5, 5.41) is 2.27. The summed E-state index contributed by atoms with van der Waals surface area (Å²) < 4.78 is 0. The van der Waals surface area contributed by atoms with Gasteiger partial charge in [-0.3, -0.25) is 4.79 Å². The maximum absolute atomic E-state index is 10.5. The van der Waals surface area contributed by atoms with Crippen molar-refractivity contribution >= 4 is 29.4 Å². The lowest BCUT2D eigenvalue weighted by molar-refractivity contribution is 0.112. The molecule has 0 radical (unpaired) electrons. The van der Waals surface area contributed by atoms with Crippen molar-refractivity contribution in [2.75, 3.05) is 0 Å². The van der Waals surface area contributed by atoms with E-state index in [9.17, 15) is 4.79 Å². The fraction of sp³-hybridized carbons (Fsp3) is 0.111. The SMILES string of the molecule is Cc1c(C=O)cccc1N=C=S. The van der Waals surface area contributed by atoms with Crippen LogP contribution in [0.5, 0.6) is 0 Å². The molecular formula is C9H7NOS. The van der Waals surface area contributed by atoms with Crippen LogP contribution in [-0.2, 0) is 0 Å². The van der Waals surface area contributed by atoms with Gasteiger partial charge in [0.25, 0.3) is 0 Å². The lowest BCUT2D eigenvalue weighted by Gasteiger charge is -1.99. The zero-order valence-electron chi connectivity index (χ0n) is 6.57. The number of benzene rings is 1. The standard InChI is InChI=1S/C9H7NOS/c1-7-8(5-11)3-2-4-9(7)10-6-12/h2-5H,1H3. The van der Waals surface area contributed by atoms with Crippen molar-refractivity contribution in [3.8, 4) is 0 Å². The van der Waals surface area contributed by atoms with Crippen LogP contribution in [0.2, 0.25) is 0 Å². The van der Waals surface area contributed by atoms with Crippen molar-refractivity contribution < 1.29 is 4.79 Å². The van der Waals surface area contributed by atoms with Gasteiger partial charge in [0.05, 0.1) is 10.8 Å². The number of carbonyl (C=O) groups excluding carboxylic acids is 1. The van der Waals surface area contributed by atoms with Gasteiger partial charge in [-0.2, -0.15) is 4.99 Å². The third kappa shape index (κ3) is 1.64. The van der Waals surface area contributed by atoms with Crippen LogP contribution in [-0.4, -0.2) is 11.4 Å². The molecule has 2 nitrogen and oxygen atoms in total. The molecule has 0 aliphatic heterocycles. The third-order valence-corrected chi connectivity index (χ3v) is 1.73. The van der Waals surface area contributed by atoms with Crippen LogP contribution >= 0.6 is 12.2 Å². The van der Waals surface area contributed by atoms with E-state index in [1.165, 1.54) is 0 Å². The van der Waals surface area contributed by atoms with Gasteiger partial charge in [-0.1, -0.05) is 12.1 Å². The van der Waals surface area contributed by atoms with Gasteiger partial charge in [0, 0.05) is 5.56 Å². The number of hydrogen-bond donors (Lipinski definition) is 0. The second-order valence-corrected chi connectivity index (χ2v) is 2.49. The smallest absolute Gasteiger partial charge is 0.150 e. The van der Waals surface area contributed by atoms with Crippen LogP contribution in [0.25, 0.3) is 0 Å². The van der Waals surface area contributed by atoms with Gasteiger partial charge in [-0.15, -0.1) is 0 Å². The van der Waals surface area contributed by atoms with Gasteiger partial charge in [0.2, 0.25) is 0 Å². The predicted molar refractivity (Wildman–Crippen MR) is 51.3 cm³/mol. The molecule has 0 spiro atoms. The molecule has 60 valence electrons. The fourth-order valence-corrected chi connectivity index (χ4v) is 1.04. The van der Waals surface area contributed by atoms with Crippen molar-refractivity contribution in [1.29, 1.82) is 0 Å². The monoisotopic (exact) mass is 177 g/mol. The van der Waals surface area contributed by atoms with Crippen molar-refractivity contribution in [1.82, 2.24) is 0 Å². The van der Waals surface area contributed by atoms with E-state index in [1.54, 1.807) is 18.2 Å². The number of carbonyl (C=O) groups is 1. The van der Waals surface area contributed by atoms with E-state index < -0.39 is 0 Å². The molecule has 0 bridgehead atoms. The topological polar surface area (TPSA) is 29.4 Å². The molecule has 0 unspecified atom stereocenters. The second kappa shape index (κ2) is 3.90. The van der Waals surface area contributed by atoms with Gasteiger partial charge < -0.3 is 0 Å². The highest BCUT2D eigenvalue weighted by molar-refractivity contribution is 7.78. The van der Waals surface area contributed by atoms with Crippen LogP contribution < -0.4 is 0 Å². The molecule has 0 aliphatic carbocycles. The van der Waals surface area contributed by atoms with Gasteiger partial charge >= 0.3 is 0 Å². The highest BCUT2D eigenvalue weighted by atomic mass is 32.1. The molecule has 1 aromatic rings. The van der Waals surface area contributed by atoms with Gasteiger partial charge in [0.1, 0.15) is 6.29 Å². The highest BCUT2D eigenvalue weighted by Crippen LogP contribution is 2.19. The molecular weight excluding hydrogens is 170 g/mol. The Bertz CT molecular complexity index is 354. The Morgan fingerprint density at radius 2 is 2.33 bits per heavy atom. The number of aldehydes is 1. The summed E-state index contributed by atoms with van der Waals surface area (Å²) in [4.78, 5) is 14.3. The first-order valence-corrected chi connectivity index (χ1v) is 3.83. The Balaban J connectivity index is 3.31. The Morgan fingerprint density at radius 1 is 1.58 bits per heavy atom. The number of hydrogen-bond acceptors (Lipinski definition) is 3. The Kier molecular flexibility index (Phi) is 2.86. The molecule has 0 saturated carbocycles. The molecule has 0 aliphatic rings. The Labute approximate surface area is 75.9 Å². The lowest BCUT2D eigenvalue weighted by Crippen LogP contribution is -1.84. The van der Waals surface area contributed by atoms with Gasteiger partial charge in [-0.25, -0.2) is 0 Å². The summed E-state index contributed by atoms with van der Waals surface area (Å²) in [6.07, 6.45) is 0.803. The average molecular weight is 177 g/mol. The molecule has 0 saturated heterocycles. The first kappa shape index (κ1) is 8.78. The highest BCUT2D eigenvalue weighted by Gasteiger charge is 1.99. The molecule has 0 N–H and O–H groups in total. The van der Waals surface area contributed by atoms with Crippen LogP contribution in [0.4, 0.5) is 5.69 Å². The summed E-state index contributed by atoms with van der Waals surface area (Å²) in [6, 6.07) is 5.30. The summed E-state index contributed by atoms with van der Waals surface area (Å²) in [7, 11) is 0. The van der Waals surface area contributed by atoms with Crippen LogP contribution in [0.3, 0.4) is 0 Å². The van der Waals surface area contributed by atoms with E-state index >= 15 is 0 Å². The van der Waals surface area contributed by atoms with Crippen molar-refractivity contribution in [2.24, 2.45) is 4.99 Å². The molecule has 1 rings (SSSR count). The van der Waals surface area contributed by atoms with Crippen molar-refractivity contribution in [3.05, 3.63) is 29.3 Å². The summed E-state index contributed by atoms with van der Waals surface area (Å²) in [5.41, 5.74) is 2.18. The van der Waals surface area contributed by atoms with E-state index in [0.29, 0.717) is 11.3 Å². The third-order valence-electron chi connectivity index (χ3n) is 1.64. The average Bonchev–Trinajstić information content (AvgIpc) is 2.09. The minimum Gasteiger partial charge on any atom is -0.298 e. The molecule has 3 heteroatoms. The zero-order valence-corrected chi connectivity index (χ0v) is 7.39. The molecule has 0 heterocycles. The fourth-order valence-electron chi connectivity index (χ4n) is 0.939. The summed E-state index contributed by atoms with van der Waals surface area (Å²) in [5.74, 6) is 0. The van der Waals surface area contributed by atoms with E-state index in [4.69, 9.17) is 0 Å². The maximum Gasteiger partial charge on any atom is 0.150 e. The Hall–Kier alpha value is -1.31. The molecule has 0 amide bonds. The van der Waals surface area contributed by atoms with Crippen LogP contribution in [0.15, 0.2) is 23.2 Å². The number of isothiocyanates is 1. The minimum atomic E-state index is 0.640. The van der Waals surface area contributed by atoms with Crippen LogP contribution in [0.1, 0.15) is 15.9 Å². The normalized spacial score (nSPS) is 8.75. The number of thiocarbonyl (C=S) groups is 1. The minimum absolute atomic E-state index is 0.640. The van der Waals surface area contributed by atoms with Crippen molar-refractivity contribution in [2.45, 2.75) is 6.92 Å². The number of aliphatic imine (C=N–C) groups is 1. The molecule has 0 atom stereocenters. The van der Waals surface area contributed by atoms with E-state index in [1.807, 2.05) is 6.92 Å². The molecule has 12 heavy (non-hydrogen) atoms. The lowest BCUT2D eigenvalue weighted by atomic mass is 10.1. The molecule has 0 fully saturated rings. The zero-order chi connectivity index (χ0) is 8.97. The van der Waals surface area contributed by atoms with E-state index in [0.717, 1.165) is 11.8 Å². The number of nitrogens with zero attached hydrogens (tertiary/aromatic N) is 1. The first-order valence-electron chi connectivity index (χ1n) is 3.42. The van der Waals surface area contributed by atoms with Gasteiger partial charge in [-0.05, 0) is 30.8 Å². The van der Waals surface area contributed by atoms with Gasteiger partial charge in [0.15, 0.2) is 0 Å². The quantitative estimate of drug-likeness (QED) is 0.394. The largest absolute Gasteiger partial charge is 0.298 e. The van der Waals surface area contributed by atoms with Crippen LogP contribution in [0, 0.1) is 6.92 Å². The molecule has 1 aromatic carbocycles.